The van der Waals surface area contributed by atoms with Crippen molar-refractivity contribution in [3.63, 3.8) is 0 Å². The molecule has 3 rings (SSSR count). The molecule has 0 unspecified atom stereocenters. The zero-order chi connectivity index (χ0) is 23.4. The summed E-state index contributed by atoms with van der Waals surface area (Å²) in [7, 11) is 0. The molecule has 1 aromatic heterocycles. The third-order valence-corrected chi connectivity index (χ3v) is 5.36. The molecule has 0 saturated carbocycles. The lowest BCUT2D eigenvalue weighted by molar-refractivity contribution is -0.576. The van der Waals surface area contributed by atoms with Crippen molar-refractivity contribution >= 4 is 40.0 Å². The number of pyridine rings is 1. The van der Waals surface area contributed by atoms with Gasteiger partial charge in [0, 0.05) is 34.5 Å². The Morgan fingerprint density at radius 2 is 1.84 bits per heavy atom. The lowest BCUT2D eigenvalue weighted by Crippen LogP contribution is -2.39. The van der Waals surface area contributed by atoms with E-state index in [1.807, 2.05) is 32.0 Å². The third kappa shape index (κ3) is 4.99. The number of aromatic nitrogens is 1. The second-order valence-corrected chi connectivity index (χ2v) is 7.91. The quantitative estimate of drug-likeness (QED) is 0.127. The van der Waals surface area contributed by atoms with Crippen molar-refractivity contribution in [3.05, 3.63) is 98.9 Å². The molecule has 3 aromatic rings. The van der Waals surface area contributed by atoms with Gasteiger partial charge in [-0.3, -0.25) is 10.1 Å². The highest BCUT2D eigenvalue weighted by Crippen LogP contribution is 2.26. The van der Waals surface area contributed by atoms with Crippen LogP contribution in [0.2, 0.25) is 0 Å². The average molecular weight is 451 g/mol. The van der Waals surface area contributed by atoms with Crippen molar-refractivity contribution in [1.29, 1.82) is 0 Å². The first-order valence-corrected chi connectivity index (χ1v) is 10.3. The van der Waals surface area contributed by atoms with E-state index in [9.17, 15) is 20.3 Å². The maximum absolute atomic E-state index is 11.4. The summed E-state index contributed by atoms with van der Waals surface area (Å²) in [4.78, 5) is 11.1. The van der Waals surface area contributed by atoms with Crippen LogP contribution in [0, 0.1) is 30.9 Å². The number of nitro groups is 1. The number of aliphatic hydroxyl groups is 2. The van der Waals surface area contributed by atoms with Gasteiger partial charge in [-0.1, -0.05) is 36.5 Å². The second kappa shape index (κ2) is 9.67. The Morgan fingerprint density at radius 1 is 1.12 bits per heavy atom. The molecule has 0 saturated heterocycles. The molecule has 2 aromatic carbocycles. The molecule has 0 bridgehead atoms. The van der Waals surface area contributed by atoms with Crippen LogP contribution in [0.15, 0.2) is 60.9 Å². The number of aryl methyl sites for hydroxylation is 3. The van der Waals surface area contributed by atoms with Crippen LogP contribution in [0.3, 0.4) is 0 Å². The van der Waals surface area contributed by atoms with Crippen LogP contribution in [0.25, 0.3) is 11.5 Å². The zero-order valence-electron chi connectivity index (χ0n) is 18.0. The van der Waals surface area contributed by atoms with Crippen LogP contribution in [-0.2, 0) is 6.61 Å². The van der Waals surface area contributed by atoms with Crippen molar-refractivity contribution in [2.45, 2.75) is 27.4 Å². The molecule has 1 heterocycles. The van der Waals surface area contributed by atoms with Gasteiger partial charge in [-0.2, -0.15) is 4.57 Å². The molecule has 32 heavy (non-hydrogen) atoms. The van der Waals surface area contributed by atoms with E-state index in [-0.39, 0.29) is 34.3 Å². The van der Waals surface area contributed by atoms with Crippen molar-refractivity contribution in [2.75, 3.05) is 5.32 Å². The van der Waals surface area contributed by atoms with Gasteiger partial charge in [0.2, 0.25) is 0 Å². The topological polar surface area (TPSA) is 99.5 Å². The number of nitrogens with one attached hydrogen (secondary N) is 1. The first-order chi connectivity index (χ1) is 15.2. The molecule has 0 aliphatic carbocycles. The fraction of sp³-hybridized carbons (Fsp3) is 0.167. The summed E-state index contributed by atoms with van der Waals surface area (Å²) in [5, 5.41) is 35.3. The summed E-state index contributed by atoms with van der Waals surface area (Å²) >= 11 is 5.66. The fourth-order valence-corrected chi connectivity index (χ4v) is 3.56. The number of nitro benzene ring substituents is 1. The van der Waals surface area contributed by atoms with Crippen LogP contribution >= 0.6 is 12.2 Å². The molecule has 0 amide bonds. The van der Waals surface area contributed by atoms with E-state index in [4.69, 9.17) is 12.2 Å². The molecule has 164 valence electrons. The Bertz CT molecular complexity index is 1240. The first kappa shape index (κ1) is 23.1. The van der Waals surface area contributed by atoms with Crippen molar-refractivity contribution in [3.8, 4) is 0 Å². The van der Waals surface area contributed by atoms with Crippen molar-refractivity contribution in [2.24, 2.45) is 0 Å². The van der Waals surface area contributed by atoms with Crippen molar-refractivity contribution in [1.82, 2.24) is 0 Å². The summed E-state index contributed by atoms with van der Waals surface area (Å²) in [5.74, 6) is -0.226. The highest BCUT2D eigenvalue weighted by atomic mass is 32.1. The summed E-state index contributed by atoms with van der Waals surface area (Å²) in [6, 6.07) is 13.9. The minimum Gasteiger partial charge on any atom is -0.502 e. The Morgan fingerprint density at radius 3 is 2.53 bits per heavy atom. The number of nitrogens with zero attached hydrogens (tertiary/aromatic N) is 2. The van der Waals surface area contributed by atoms with E-state index in [1.54, 1.807) is 48.1 Å². The van der Waals surface area contributed by atoms with Crippen LogP contribution in [0.1, 0.15) is 27.8 Å². The summed E-state index contributed by atoms with van der Waals surface area (Å²) in [6.45, 7) is 5.35. The van der Waals surface area contributed by atoms with Gasteiger partial charge in [0.25, 0.3) is 11.4 Å². The predicted octanol–water partition coefficient (Wildman–Crippen LogP) is 4.62. The van der Waals surface area contributed by atoms with E-state index in [0.29, 0.717) is 11.1 Å². The van der Waals surface area contributed by atoms with Gasteiger partial charge in [0.15, 0.2) is 23.1 Å². The minimum atomic E-state index is -0.488. The van der Waals surface area contributed by atoms with Crippen molar-refractivity contribution < 1.29 is 19.7 Å². The van der Waals surface area contributed by atoms with E-state index in [0.717, 1.165) is 16.8 Å². The number of benzene rings is 2. The predicted molar refractivity (Wildman–Crippen MR) is 128 cm³/mol. The van der Waals surface area contributed by atoms with Gasteiger partial charge in [-0.05, 0) is 44.0 Å². The zero-order valence-corrected chi connectivity index (χ0v) is 18.8. The lowest BCUT2D eigenvalue weighted by atomic mass is 10.1. The van der Waals surface area contributed by atoms with Crippen LogP contribution < -0.4 is 9.88 Å². The number of thiocarbonyl (C=S) groups is 1. The standard InChI is InChI=1S/C24H23N3O4S/c1-15-6-7-16(2)20(11-15)25-24(32)22(26-10-4-5-18(13-26)14-28)23(29)19-9-8-17(3)21(12-19)27(30)31/h4-13,28H,14H2,1-3H3,(H-,25,29,32)/p+1. The minimum absolute atomic E-state index is 0.101. The summed E-state index contributed by atoms with van der Waals surface area (Å²) in [5.41, 5.74) is 4.28. The number of rotatable bonds is 6. The molecule has 0 spiro atoms. The van der Waals surface area contributed by atoms with Gasteiger partial charge in [-0.15, -0.1) is 0 Å². The molecule has 0 atom stereocenters. The molecule has 0 aliphatic rings. The molecule has 8 heteroatoms. The maximum atomic E-state index is 11.4. The number of hydrogen-bond acceptors (Lipinski definition) is 5. The molecule has 0 fully saturated rings. The second-order valence-electron chi connectivity index (χ2n) is 7.51. The van der Waals surface area contributed by atoms with E-state index >= 15 is 0 Å². The van der Waals surface area contributed by atoms with Gasteiger partial charge < -0.3 is 15.5 Å². The van der Waals surface area contributed by atoms with Gasteiger partial charge in [-0.25, -0.2) is 0 Å². The van der Waals surface area contributed by atoms with Gasteiger partial charge >= 0.3 is 0 Å². The largest absolute Gasteiger partial charge is 0.502 e. The number of aliphatic hydroxyl groups excluding tert-OH is 2. The van der Waals surface area contributed by atoms with E-state index in [2.05, 4.69) is 5.32 Å². The van der Waals surface area contributed by atoms with Crippen LogP contribution in [0.5, 0.6) is 0 Å². The fourth-order valence-electron chi connectivity index (χ4n) is 3.25. The van der Waals surface area contributed by atoms with Crippen LogP contribution in [0.4, 0.5) is 11.4 Å². The average Bonchev–Trinajstić information content (AvgIpc) is 2.76. The third-order valence-electron chi connectivity index (χ3n) is 5.06. The molecule has 3 N–H and O–H groups in total. The van der Waals surface area contributed by atoms with E-state index < -0.39 is 4.92 Å². The molecule has 7 nitrogen and oxygen atoms in total. The van der Waals surface area contributed by atoms with E-state index in [1.165, 1.54) is 6.07 Å². The normalized spacial score (nSPS) is 11.6. The lowest BCUT2D eigenvalue weighted by Gasteiger charge is -2.13. The van der Waals surface area contributed by atoms with Crippen LogP contribution in [-0.4, -0.2) is 20.1 Å². The monoisotopic (exact) mass is 450 g/mol. The Labute approximate surface area is 191 Å². The number of anilines is 1. The Kier molecular flexibility index (Phi) is 6.97. The molecular weight excluding hydrogens is 426 g/mol. The first-order valence-electron chi connectivity index (χ1n) is 9.90. The highest BCUT2D eigenvalue weighted by Gasteiger charge is 2.26. The molecular formula is C24H24N3O4S+. The Balaban J connectivity index is 2.18. The molecule has 0 radical (unpaired) electrons. The highest BCUT2D eigenvalue weighted by molar-refractivity contribution is 7.81. The number of hydrogen-bond donors (Lipinski definition) is 3. The molecule has 0 aliphatic heterocycles. The summed E-state index contributed by atoms with van der Waals surface area (Å²) in [6.07, 6.45) is 3.33. The SMILES string of the molecule is Cc1ccc(C)c(NC(=S)/C(=C(\O)c2ccc(C)c([N+](=O)[O-])c2)[n+]2cccc(CO)c2)c1. The smallest absolute Gasteiger partial charge is 0.288 e. The van der Waals surface area contributed by atoms with Gasteiger partial charge in [0.05, 0.1) is 11.5 Å². The summed E-state index contributed by atoms with van der Waals surface area (Å²) < 4.78 is 1.59. The maximum Gasteiger partial charge on any atom is 0.288 e. The Hall–Kier alpha value is -3.62. The van der Waals surface area contributed by atoms with Gasteiger partial charge in [0.1, 0.15) is 0 Å².